The number of hydrogen-bond donors (Lipinski definition) is 1. The molecule has 1 saturated heterocycles. The molecule has 0 aliphatic carbocycles. The highest BCUT2D eigenvalue weighted by Crippen LogP contribution is 2.23. The summed E-state index contributed by atoms with van der Waals surface area (Å²) >= 11 is 0. The highest BCUT2D eigenvalue weighted by Gasteiger charge is 2.28. The van der Waals surface area contributed by atoms with Gasteiger partial charge in [-0.3, -0.25) is 9.89 Å². The van der Waals surface area contributed by atoms with Gasteiger partial charge < -0.3 is 4.90 Å². The van der Waals surface area contributed by atoms with Gasteiger partial charge in [-0.2, -0.15) is 5.10 Å². The van der Waals surface area contributed by atoms with Crippen molar-refractivity contribution >= 4 is 5.91 Å². The average molecular weight is 284 g/mol. The van der Waals surface area contributed by atoms with E-state index in [0.29, 0.717) is 12.2 Å². The maximum absolute atomic E-state index is 11.8. The molecular weight excluding hydrogens is 264 g/mol. The van der Waals surface area contributed by atoms with Gasteiger partial charge in [0.15, 0.2) is 5.82 Å². The van der Waals surface area contributed by atoms with Crippen LogP contribution in [0.2, 0.25) is 0 Å². The van der Waals surface area contributed by atoms with Crippen LogP contribution in [-0.4, -0.2) is 32.5 Å². The number of nitrogens with zero attached hydrogens (tertiary/aromatic N) is 3. The topological polar surface area (TPSA) is 61.9 Å². The number of likely N-dealkylation sites (tertiary alicyclic amines) is 1. The van der Waals surface area contributed by atoms with Crippen molar-refractivity contribution in [1.29, 1.82) is 0 Å². The van der Waals surface area contributed by atoms with Crippen molar-refractivity contribution in [3.8, 4) is 0 Å². The second-order valence-corrected chi connectivity index (χ2v) is 5.49. The second-order valence-electron chi connectivity index (χ2n) is 5.49. The van der Waals surface area contributed by atoms with Gasteiger partial charge in [0.2, 0.25) is 5.91 Å². The molecule has 2 aromatic rings. The highest BCUT2D eigenvalue weighted by atomic mass is 16.2. The molecule has 0 saturated carbocycles. The molecule has 1 aromatic carbocycles. The Hall–Kier alpha value is -2.17. The molecule has 0 bridgehead atoms. The first-order valence-electron chi connectivity index (χ1n) is 7.48. The molecule has 1 atom stereocenters. The molecule has 1 aliphatic heterocycles. The van der Waals surface area contributed by atoms with Gasteiger partial charge in [-0.15, -0.1) is 0 Å². The third-order valence-electron chi connectivity index (χ3n) is 3.99. The van der Waals surface area contributed by atoms with Gasteiger partial charge in [-0.05, 0) is 25.3 Å². The van der Waals surface area contributed by atoms with E-state index in [1.807, 2.05) is 30.0 Å². The van der Waals surface area contributed by atoms with Crippen molar-refractivity contribution in [3.63, 3.8) is 0 Å². The summed E-state index contributed by atoms with van der Waals surface area (Å²) in [4.78, 5) is 18.2. The molecule has 1 amide bonds. The lowest BCUT2D eigenvalue weighted by Gasteiger charge is -2.21. The van der Waals surface area contributed by atoms with Crippen molar-refractivity contribution in [2.24, 2.45) is 0 Å². The molecular formula is C16H20N4O. The molecule has 1 aromatic heterocycles. The number of hydrogen-bond acceptors (Lipinski definition) is 3. The number of benzene rings is 1. The van der Waals surface area contributed by atoms with Crippen LogP contribution in [0.4, 0.5) is 0 Å². The van der Waals surface area contributed by atoms with Crippen LogP contribution in [0.25, 0.3) is 0 Å². The predicted molar refractivity (Wildman–Crippen MR) is 79.6 cm³/mol. The first-order chi connectivity index (χ1) is 10.2. The van der Waals surface area contributed by atoms with E-state index in [1.54, 1.807) is 0 Å². The van der Waals surface area contributed by atoms with Gasteiger partial charge in [0.05, 0.1) is 6.04 Å². The number of amides is 1. The van der Waals surface area contributed by atoms with E-state index in [0.717, 1.165) is 31.6 Å². The minimum atomic E-state index is -0.0401. The fourth-order valence-electron chi connectivity index (χ4n) is 2.73. The summed E-state index contributed by atoms with van der Waals surface area (Å²) in [5, 5.41) is 7.27. The summed E-state index contributed by atoms with van der Waals surface area (Å²) in [6, 6.07) is 10.3. The Bertz CT molecular complexity index is 608. The van der Waals surface area contributed by atoms with Crippen LogP contribution in [0.3, 0.4) is 0 Å². The second kappa shape index (κ2) is 6.08. The molecule has 1 N–H and O–H groups in total. The lowest BCUT2D eigenvalue weighted by atomic mass is 10.1. The van der Waals surface area contributed by atoms with E-state index in [-0.39, 0.29) is 11.9 Å². The summed E-state index contributed by atoms with van der Waals surface area (Å²) in [7, 11) is 0. The minimum Gasteiger partial charge on any atom is -0.333 e. The monoisotopic (exact) mass is 284 g/mol. The van der Waals surface area contributed by atoms with Crippen LogP contribution in [0.1, 0.15) is 43.0 Å². The van der Waals surface area contributed by atoms with E-state index in [1.165, 1.54) is 5.56 Å². The highest BCUT2D eigenvalue weighted by molar-refractivity contribution is 5.78. The number of aromatic amines is 1. The Morgan fingerprint density at radius 3 is 2.81 bits per heavy atom. The first kappa shape index (κ1) is 13.8. The summed E-state index contributed by atoms with van der Waals surface area (Å²) in [5.74, 6) is 1.80. The predicted octanol–water partition coefficient (Wildman–Crippen LogP) is 2.27. The van der Waals surface area contributed by atoms with Crippen molar-refractivity contribution in [2.75, 3.05) is 6.54 Å². The zero-order chi connectivity index (χ0) is 14.7. The van der Waals surface area contributed by atoms with Crippen molar-refractivity contribution in [1.82, 2.24) is 20.1 Å². The molecule has 3 rings (SSSR count). The van der Waals surface area contributed by atoms with Crippen LogP contribution in [0, 0.1) is 0 Å². The van der Waals surface area contributed by atoms with Crippen molar-refractivity contribution in [2.45, 2.75) is 38.6 Å². The van der Waals surface area contributed by atoms with Gasteiger partial charge >= 0.3 is 0 Å². The van der Waals surface area contributed by atoms with Crippen LogP contribution in [-0.2, 0) is 17.6 Å². The first-order valence-corrected chi connectivity index (χ1v) is 7.48. The molecule has 1 aliphatic rings. The maximum atomic E-state index is 11.8. The van der Waals surface area contributed by atoms with Gasteiger partial charge in [-0.25, -0.2) is 4.98 Å². The zero-order valence-electron chi connectivity index (χ0n) is 12.2. The summed E-state index contributed by atoms with van der Waals surface area (Å²) in [6.45, 7) is 2.81. The number of carbonyl (C=O) groups is 1. The van der Waals surface area contributed by atoms with E-state index in [4.69, 9.17) is 0 Å². The molecule has 5 heteroatoms. The standard InChI is InChI=1S/C16H20N4O/c1-12(20-11-5-8-15(20)21)16-17-14(18-19-16)10-9-13-6-3-2-4-7-13/h2-4,6-7,12H,5,8-11H2,1H3,(H,17,18,19)/t12-/m1/s1. The number of aromatic nitrogens is 3. The number of H-pyrrole nitrogens is 1. The van der Waals surface area contributed by atoms with Crippen molar-refractivity contribution in [3.05, 3.63) is 47.5 Å². The van der Waals surface area contributed by atoms with Gasteiger partial charge in [0.25, 0.3) is 0 Å². The molecule has 21 heavy (non-hydrogen) atoms. The number of rotatable bonds is 5. The molecule has 110 valence electrons. The maximum Gasteiger partial charge on any atom is 0.223 e. The van der Waals surface area contributed by atoms with E-state index < -0.39 is 0 Å². The Morgan fingerprint density at radius 2 is 2.10 bits per heavy atom. The number of nitrogens with one attached hydrogen (secondary N) is 1. The normalized spacial score (nSPS) is 16.4. The lowest BCUT2D eigenvalue weighted by molar-refractivity contribution is -0.129. The largest absolute Gasteiger partial charge is 0.333 e. The number of carbonyl (C=O) groups excluding carboxylic acids is 1. The molecule has 0 unspecified atom stereocenters. The third-order valence-corrected chi connectivity index (χ3v) is 3.99. The van der Waals surface area contributed by atoms with Crippen LogP contribution in [0.15, 0.2) is 30.3 Å². The van der Waals surface area contributed by atoms with Gasteiger partial charge in [-0.1, -0.05) is 30.3 Å². The Morgan fingerprint density at radius 1 is 1.29 bits per heavy atom. The molecule has 2 heterocycles. The van der Waals surface area contributed by atoms with E-state index in [9.17, 15) is 4.79 Å². The number of aryl methyl sites for hydroxylation is 2. The Labute approximate surface area is 124 Å². The minimum absolute atomic E-state index is 0.0401. The van der Waals surface area contributed by atoms with Crippen LogP contribution < -0.4 is 0 Å². The zero-order valence-corrected chi connectivity index (χ0v) is 12.2. The van der Waals surface area contributed by atoms with E-state index in [2.05, 4.69) is 27.3 Å². The smallest absolute Gasteiger partial charge is 0.223 e. The summed E-state index contributed by atoms with van der Waals surface area (Å²) in [6.07, 6.45) is 3.36. The SMILES string of the molecule is C[C@H](c1n[nH]c(CCc2ccccc2)n1)N1CCCC1=O. The summed E-state index contributed by atoms with van der Waals surface area (Å²) in [5.41, 5.74) is 1.29. The fraction of sp³-hybridized carbons (Fsp3) is 0.438. The molecule has 0 radical (unpaired) electrons. The molecule has 0 spiro atoms. The van der Waals surface area contributed by atoms with Crippen LogP contribution in [0.5, 0.6) is 0 Å². The quantitative estimate of drug-likeness (QED) is 0.916. The molecule has 1 fully saturated rings. The van der Waals surface area contributed by atoms with Gasteiger partial charge in [0.1, 0.15) is 5.82 Å². The lowest BCUT2D eigenvalue weighted by Crippen LogP contribution is -2.28. The van der Waals surface area contributed by atoms with Crippen LogP contribution >= 0.6 is 0 Å². The average Bonchev–Trinajstić information content (AvgIpc) is 3.14. The molecule has 5 nitrogen and oxygen atoms in total. The summed E-state index contributed by atoms with van der Waals surface area (Å²) < 4.78 is 0. The Kier molecular flexibility index (Phi) is 3.99. The van der Waals surface area contributed by atoms with Gasteiger partial charge in [0, 0.05) is 19.4 Å². The van der Waals surface area contributed by atoms with Crippen molar-refractivity contribution < 1.29 is 4.79 Å². The fourth-order valence-corrected chi connectivity index (χ4v) is 2.73. The van der Waals surface area contributed by atoms with E-state index >= 15 is 0 Å². The third kappa shape index (κ3) is 3.12. The Balaban J connectivity index is 1.62.